The Morgan fingerprint density at radius 1 is 1.38 bits per heavy atom. The van der Waals surface area contributed by atoms with Gasteiger partial charge in [-0.2, -0.15) is 5.10 Å². The first kappa shape index (κ1) is 17.3. The lowest BCUT2D eigenvalue weighted by molar-refractivity contribution is -0.384. The minimum absolute atomic E-state index is 0.0180. The summed E-state index contributed by atoms with van der Waals surface area (Å²) in [6.45, 7) is 3.87. The van der Waals surface area contributed by atoms with E-state index < -0.39 is 4.92 Å². The fraction of sp³-hybridized carbons (Fsp3) is 0.312. The lowest BCUT2D eigenvalue weighted by Crippen LogP contribution is -2.18. The molecule has 24 heavy (non-hydrogen) atoms. The number of hydrazone groups is 1. The summed E-state index contributed by atoms with van der Waals surface area (Å²) in [4.78, 5) is 29.1. The Hall–Kier alpha value is -3.03. The van der Waals surface area contributed by atoms with Gasteiger partial charge in [0.2, 0.25) is 5.95 Å². The van der Waals surface area contributed by atoms with Gasteiger partial charge in [0, 0.05) is 23.4 Å². The van der Waals surface area contributed by atoms with Gasteiger partial charge in [0.1, 0.15) is 0 Å². The Morgan fingerprint density at radius 2 is 2.08 bits per heavy atom. The van der Waals surface area contributed by atoms with Gasteiger partial charge in [0.25, 0.3) is 11.2 Å². The number of unbranched alkanes of at least 4 members (excludes halogenated alkanes) is 1. The zero-order valence-electron chi connectivity index (χ0n) is 13.6. The van der Waals surface area contributed by atoms with Gasteiger partial charge in [-0.15, -0.1) is 0 Å². The van der Waals surface area contributed by atoms with Crippen molar-refractivity contribution in [1.29, 1.82) is 0 Å². The van der Waals surface area contributed by atoms with Crippen LogP contribution in [0.2, 0.25) is 0 Å². The summed E-state index contributed by atoms with van der Waals surface area (Å²) in [5.41, 5.74) is 4.58. The highest BCUT2D eigenvalue weighted by Gasteiger charge is 2.07. The van der Waals surface area contributed by atoms with Crippen LogP contribution in [0.5, 0.6) is 0 Å². The van der Waals surface area contributed by atoms with E-state index >= 15 is 0 Å². The highest BCUT2D eigenvalue weighted by Crippen LogP contribution is 2.11. The molecule has 0 aliphatic heterocycles. The van der Waals surface area contributed by atoms with Gasteiger partial charge in [-0.3, -0.25) is 19.9 Å². The van der Waals surface area contributed by atoms with Gasteiger partial charge in [-0.05, 0) is 37.5 Å². The van der Waals surface area contributed by atoms with Crippen LogP contribution in [-0.2, 0) is 6.42 Å². The zero-order chi connectivity index (χ0) is 17.5. The molecular weight excluding hydrogens is 310 g/mol. The lowest BCUT2D eigenvalue weighted by atomic mass is 10.1. The Labute approximate surface area is 138 Å². The van der Waals surface area contributed by atoms with Crippen molar-refractivity contribution in [2.45, 2.75) is 33.1 Å². The molecule has 0 radical (unpaired) electrons. The summed E-state index contributed by atoms with van der Waals surface area (Å²) < 4.78 is 0. The Morgan fingerprint density at radius 3 is 2.67 bits per heavy atom. The number of anilines is 1. The van der Waals surface area contributed by atoms with Crippen LogP contribution in [0.3, 0.4) is 0 Å². The van der Waals surface area contributed by atoms with E-state index in [-0.39, 0.29) is 17.2 Å². The standard InChI is InChI=1S/C16H19N5O3/c1-3-4-5-14-11(2)18-16(19-15(14)22)20-17-10-12-6-8-13(9-7-12)21(23)24/h6-10H,3-5H2,1-2H3,(H2,18,19,20,22)/b17-10+. The molecule has 0 fully saturated rings. The average molecular weight is 329 g/mol. The number of benzene rings is 1. The average Bonchev–Trinajstić information content (AvgIpc) is 2.54. The minimum Gasteiger partial charge on any atom is -0.291 e. The second-order valence-electron chi connectivity index (χ2n) is 5.30. The highest BCUT2D eigenvalue weighted by molar-refractivity contribution is 5.80. The molecule has 0 aliphatic carbocycles. The number of hydrogen-bond donors (Lipinski definition) is 2. The van der Waals surface area contributed by atoms with E-state index in [4.69, 9.17) is 0 Å². The molecule has 0 atom stereocenters. The fourth-order valence-corrected chi connectivity index (χ4v) is 2.16. The second-order valence-corrected chi connectivity index (χ2v) is 5.30. The van der Waals surface area contributed by atoms with Crippen molar-refractivity contribution in [3.8, 4) is 0 Å². The summed E-state index contributed by atoms with van der Waals surface area (Å²) in [5, 5.41) is 14.6. The number of nitrogens with zero attached hydrogens (tertiary/aromatic N) is 3. The number of nitrogens with one attached hydrogen (secondary N) is 2. The van der Waals surface area contributed by atoms with Crippen LogP contribution < -0.4 is 11.0 Å². The Bertz CT molecular complexity index is 796. The minimum atomic E-state index is -0.462. The number of nitro benzene ring substituents is 1. The summed E-state index contributed by atoms with van der Waals surface area (Å²) >= 11 is 0. The molecule has 126 valence electrons. The fourth-order valence-electron chi connectivity index (χ4n) is 2.16. The highest BCUT2D eigenvalue weighted by atomic mass is 16.6. The Kier molecular flexibility index (Phi) is 5.78. The summed E-state index contributed by atoms with van der Waals surface area (Å²) in [6, 6.07) is 5.96. The number of nitro groups is 1. The molecule has 0 aliphatic rings. The quantitative estimate of drug-likeness (QED) is 0.460. The number of hydrogen-bond acceptors (Lipinski definition) is 6. The van der Waals surface area contributed by atoms with Crippen molar-refractivity contribution in [2.75, 3.05) is 5.43 Å². The Balaban J connectivity index is 2.06. The maximum atomic E-state index is 12.0. The first-order valence-electron chi connectivity index (χ1n) is 7.64. The molecule has 0 unspecified atom stereocenters. The lowest BCUT2D eigenvalue weighted by Gasteiger charge is -2.06. The van der Waals surface area contributed by atoms with Crippen molar-refractivity contribution < 1.29 is 4.92 Å². The van der Waals surface area contributed by atoms with Crippen LogP contribution in [0, 0.1) is 17.0 Å². The van der Waals surface area contributed by atoms with Crippen LogP contribution in [0.15, 0.2) is 34.2 Å². The molecule has 2 aromatic rings. The normalized spacial score (nSPS) is 10.9. The first-order chi connectivity index (χ1) is 11.5. The molecule has 0 saturated carbocycles. The zero-order valence-corrected chi connectivity index (χ0v) is 13.6. The smallest absolute Gasteiger partial charge is 0.269 e. The van der Waals surface area contributed by atoms with Gasteiger partial charge in [-0.25, -0.2) is 10.4 Å². The molecule has 2 N–H and O–H groups in total. The number of aromatic nitrogens is 2. The van der Waals surface area contributed by atoms with Crippen LogP contribution >= 0.6 is 0 Å². The van der Waals surface area contributed by atoms with Gasteiger partial charge >= 0.3 is 0 Å². The predicted octanol–water partition coefficient (Wildman–Crippen LogP) is 2.78. The first-order valence-corrected chi connectivity index (χ1v) is 7.64. The predicted molar refractivity (Wildman–Crippen MR) is 92.5 cm³/mol. The van der Waals surface area contributed by atoms with Crippen LogP contribution in [0.25, 0.3) is 0 Å². The van der Waals surface area contributed by atoms with Crippen molar-refractivity contribution in [3.63, 3.8) is 0 Å². The van der Waals surface area contributed by atoms with Crippen molar-refractivity contribution in [2.24, 2.45) is 5.10 Å². The third-order valence-electron chi connectivity index (χ3n) is 3.49. The number of non-ortho nitro benzene ring substituents is 1. The molecule has 0 bridgehead atoms. The third kappa shape index (κ3) is 4.48. The molecule has 1 heterocycles. The second kappa shape index (κ2) is 8.00. The molecule has 0 saturated heterocycles. The molecular formula is C16H19N5O3. The van der Waals surface area contributed by atoms with E-state index in [1.807, 2.05) is 0 Å². The monoisotopic (exact) mass is 329 g/mol. The summed E-state index contributed by atoms with van der Waals surface area (Å²) in [5.74, 6) is 0.260. The summed E-state index contributed by atoms with van der Waals surface area (Å²) in [7, 11) is 0. The topological polar surface area (TPSA) is 113 Å². The van der Waals surface area contributed by atoms with Gasteiger partial charge in [0.15, 0.2) is 0 Å². The molecule has 0 spiro atoms. The van der Waals surface area contributed by atoms with Crippen LogP contribution in [0.1, 0.15) is 36.6 Å². The van der Waals surface area contributed by atoms with Crippen LogP contribution in [0.4, 0.5) is 11.6 Å². The van der Waals surface area contributed by atoms with E-state index in [0.29, 0.717) is 23.2 Å². The molecule has 8 nitrogen and oxygen atoms in total. The number of H-pyrrole nitrogens is 1. The van der Waals surface area contributed by atoms with E-state index in [1.165, 1.54) is 18.3 Å². The SMILES string of the molecule is CCCCc1c(C)nc(N/N=C/c2ccc([N+](=O)[O-])cc2)[nH]c1=O. The van der Waals surface area contributed by atoms with Crippen molar-refractivity contribution in [1.82, 2.24) is 9.97 Å². The van der Waals surface area contributed by atoms with E-state index in [9.17, 15) is 14.9 Å². The molecule has 1 aromatic heterocycles. The van der Waals surface area contributed by atoms with Crippen LogP contribution in [-0.4, -0.2) is 21.1 Å². The third-order valence-corrected chi connectivity index (χ3v) is 3.49. The van der Waals surface area contributed by atoms with Crippen molar-refractivity contribution >= 4 is 17.9 Å². The molecule has 1 aromatic carbocycles. The molecule has 2 rings (SSSR count). The number of aryl methyl sites for hydroxylation is 1. The van der Waals surface area contributed by atoms with E-state index in [1.54, 1.807) is 19.1 Å². The van der Waals surface area contributed by atoms with Gasteiger partial charge in [0.05, 0.1) is 11.1 Å². The largest absolute Gasteiger partial charge is 0.291 e. The van der Waals surface area contributed by atoms with Gasteiger partial charge in [-0.1, -0.05) is 13.3 Å². The molecule has 0 amide bonds. The maximum absolute atomic E-state index is 12.0. The number of rotatable bonds is 7. The van der Waals surface area contributed by atoms with E-state index in [0.717, 1.165) is 12.8 Å². The van der Waals surface area contributed by atoms with Crippen molar-refractivity contribution in [3.05, 3.63) is 61.6 Å². The molecule has 8 heteroatoms. The number of aromatic amines is 1. The van der Waals surface area contributed by atoms with Gasteiger partial charge < -0.3 is 0 Å². The summed E-state index contributed by atoms with van der Waals surface area (Å²) in [6.07, 6.45) is 4.15. The van der Waals surface area contributed by atoms with E-state index in [2.05, 4.69) is 27.4 Å². The maximum Gasteiger partial charge on any atom is 0.269 e.